The zero-order chi connectivity index (χ0) is 13.9. The number of pyridine rings is 1. The van der Waals surface area contributed by atoms with Crippen LogP contribution < -0.4 is 5.32 Å². The molecule has 0 aliphatic carbocycles. The minimum Gasteiger partial charge on any atom is -0.396 e. The molecule has 1 atom stereocenters. The Morgan fingerprint density at radius 1 is 1.53 bits per heavy atom. The Morgan fingerprint density at radius 3 is 2.95 bits per heavy atom. The van der Waals surface area contributed by atoms with Crippen molar-refractivity contribution in [3.8, 4) is 0 Å². The van der Waals surface area contributed by atoms with Gasteiger partial charge in [0.2, 0.25) is 5.91 Å². The van der Waals surface area contributed by atoms with Gasteiger partial charge in [-0.2, -0.15) is 0 Å². The van der Waals surface area contributed by atoms with Gasteiger partial charge in [0.1, 0.15) is 0 Å². The van der Waals surface area contributed by atoms with Crippen molar-refractivity contribution in [3.05, 3.63) is 30.1 Å². The van der Waals surface area contributed by atoms with Crippen LogP contribution in [0.3, 0.4) is 0 Å². The maximum atomic E-state index is 12.1. The van der Waals surface area contributed by atoms with Gasteiger partial charge in [0.05, 0.1) is 11.7 Å². The third kappa shape index (κ3) is 3.52. The molecule has 1 amide bonds. The van der Waals surface area contributed by atoms with Gasteiger partial charge in [0, 0.05) is 31.4 Å². The normalized spacial score (nSPS) is 23.1. The summed E-state index contributed by atoms with van der Waals surface area (Å²) in [5, 5.41) is 12.1. The standard InChI is InChI=1S/C14H21N3O2/c1-14(2)10-17(9-11-5-3-4-7-15-11)12(6-8-18)13(19)16-14/h3-5,7,12,18H,6,8-10H2,1-2H3,(H,16,19). The van der Waals surface area contributed by atoms with E-state index in [2.05, 4.69) is 15.2 Å². The molecule has 0 saturated carbocycles. The van der Waals surface area contributed by atoms with E-state index >= 15 is 0 Å². The van der Waals surface area contributed by atoms with Crippen molar-refractivity contribution in [2.45, 2.75) is 38.4 Å². The van der Waals surface area contributed by atoms with Gasteiger partial charge in [-0.15, -0.1) is 0 Å². The largest absolute Gasteiger partial charge is 0.396 e. The molecule has 2 N–H and O–H groups in total. The maximum Gasteiger partial charge on any atom is 0.237 e. The van der Waals surface area contributed by atoms with E-state index in [1.807, 2.05) is 32.0 Å². The third-order valence-corrected chi connectivity index (χ3v) is 3.30. The van der Waals surface area contributed by atoms with Gasteiger partial charge < -0.3 is 10.4 Å². The van der Waals surface area contributed by atoms with E-state index in [9.17, 15) is 4.79 Å². The summed E-state index contributed by atoms with van der Waals surface area (Å²) in [7, 11) is 0. The van der Waals surface area contributed by atoms with Crippen molar-refractivity contribution in [3.63, 3.8) is 0 Å². The minimum absolute atomic E-state index is 0.0111. The second-order valence-corrected chi connectivity index (χ2v) is 5.63. The van der Waals surface area contributed by atoms with E-state index in [0.717, 1.165) is 12.2 Å². The molecule has 1 aromatic heterocycles. The van der Waals surface area contributed by atoms with E-state index < -0.39 is 0 Å². The molecule has 0 bridgehead atoms. The number of aromatic nitrogens is 1. The Bertz CT molecular complexity index is 434. The molecule has 0 radical (unpaired) electrons. The van der Waals surface area contributed by atoms with Gasteiger partial charge in [-0.1, -0.05) is 6.07 Å². The summed E-state index contributed by atoms with van der Waals surface area (Å²) >= 11 is 0. The number of hydrogen-bond donors (Lipinski definition) is 2. The highest BCUT2D eigenvalue weighted by Gasteiger charge is 2.37. The Hall–Kier alpha value is -1.46. The van der Waals surface area contributed by atoms with Gasteiger partial charge in [0.25, 0.3) is 0 Å². The molecule has 19 heavy (non-hydrogen) atoms. The van der Waals surface area contributed by atoms with Gasteiger partial charge in [0.15, 0.2) is 0 Å². The zero-order valence-electron chi connectivity index (χ0n) is 11.5. The van der Waals surface area contributed by atoms with E-state index in [1.54, 1.807) is 6.20 Å². The average Bonchev–Trinajstić information content (AvgIpc) is 2.34. The fourth-order valence-electron chi connectivity index (χ4n) is 2.54. The van der Waals surface area contributed by atoms with Crippen molar-refractivity contribution in [1.29, 1.82) is 0 Å². The van der Waals surface area contributed by atoms with E-state index in [1.165, 1.54) is 0 Å². The Balaban J connectivity index is 2.15. The maximum absolute atomic E-state index is 12.1. The highest BCUT2D eigenvalue weighted by molar-refractivity contribution is 5.83. The lowest BCUT2D eigenvalue weighted by Gasteiger charge is -2.43. The summed E-state index contributed by atoms with van der Waals surface area (Å²) in [5.41, 5.74) is 0.689. The molecule has 2 heterocycles. The molecular formula is C14H21N3O2. The fraction of sp³-hybridized carbons (Fsp3) is 0.571. The van der Waals surface area contributed by atoms with Crippen LogP contribution in [0.1, 0.15) is 26.0 Å². The zero-order valence-corrected chi connectivity index (χ0v) is 11.5. The molecule has 1 fully saturated rings. The van der Waals surface area contributed by atoms with Crippen LogP contribution in [0.15, 0.2) is 24.4 Å². The molecule has 0 aromatic carbocycles. The molecule has 1 aromatic rings. The van der Waals surface area contributed by atoms with Gasteiger partial charge in [-0.05, 0) is 32.4 Å². The van der Waals surface area contributed by atoms with Crippen LogP contribution in [0.4, 0.5) is 0 Å². The number of piperazine rings is 1. The van der Waals surface area contributed by atoms with Gasteiger partial charge >= 0.3 is 0 Å². The number of rotatable bonds is 4. The van der Waals surface area contributed by atoms with Crippen LogP contribution in [-0.4, -0.2) is 45.6 Å². The number of aliphatic hydroxyl groups excluding tert-OH is 1. The number of amides is 1. The highest BCUT2D eigenvalue weighted by atomic mass is 16.3. The number of hydrogen-bond acceptors (Lipinski definition) is 4. The lowest BCUT2D eigenvalue weighted by molar-refractivity contribution is -0.134. The van der Waals surface area contributed by atoms with E-state index in [-0.39, 0.29) is 24.1 Å². The number of nitrogens with zero attached hydrogens (tertiary/aromatic N) is 2. The molecule has 0 spiro atoms. The van der Waals surface area contributed by atoms with Gasteiger partial charge in [-0.25, -0.2) is 0 Å². The monoisotopic (exact) mass is 263 g/mol. The first-order valence-electron chi connectivity index (χ1n) is 6.59. The second-order valence-electron chi connectivity index (χ2n) is 5.63. The lowest BCUT2D eigenvalue weighted by Crippen LogP contribution is -2.64. The first-order chi connectivity index (χ1) is 9.02. The average molecular weight is 263 g/mol. The fourth-order valence-corrected chi connectivity index (χ4v) is 2.54. The van der Waals surface area contributed by atoms with Crippen molar-refractivity contribution in [2.75, 3.05) is 13.2 Å². The molecule has 1 saturated heterocycles. The van der Waals surface area contributed by atoms with Crippen LogP contribution >= 0.6 is 0 Å². The minimum atomic E-state index is -0.278. The second kappa shape index (κ2) is 5.67. The lowest BCUT2D eigenvalue weighted by atomic mass is 9.96. The predicted molar refractivity (Wildman–Crippen MR) is 72.4 cm³/mol. The van der Waals surface area contributed by atoms with Crippen LogP contribution in [0.5, 0.6) is 0 Å². The molecule has 104 valence electrons. The highest BCUT2D eigenvalue weighted by Crippen LogP contribution is 2.20. The number of carbonyl (C=O) groups is 1. The van der Waals surface area contributed by atoms with Crippen LogP contribution in [0, 0.1) is 0 Å². The Kier molecular flexibility index (Phi) is 4.17. The quantitative estimate of drug-likeness (QED) is 0.832. The molecular weight excluding hydrogens is 242 g/mol. The molecule has 5 heteroatoms. The summed E-state index contributed by atoms with van der Waals surface area (Å²) in [5.74, 6) is -0.0127. The third-order valence-electron chi connectivity index (χ3n) is 3.30. The van der Waals surface area contributed by atoms with Crippen LogP contribution in [0.25, 0.3) is 0 Å². The number of nitrogens with one attached hydrogen (secondary N) is 1. The van der Waals surface area contributed by atoms with Gasteiger partial charge in [-0.3, -0.25) is 14.7 Å². The SMILES string of the molecule is CC1(C)CN(Cc2ccccn2)C(CCO)C(=O)N1. The van der Waals surface area contributed by atoms with E-state index in [0.29, 0.717) is 13.0 Å². The molecule has 2 rings (SSSR count). The Morgan fingerprint density at radius 2 is 2.32 bits per heavy atom. The van der Waals surface area contributed by atoms with Crippen LogP contribution in [0.2, 0.25) is 0 Å². The van der Waals surface area contributed by atoms with Crippen molar-refractivity contribution >= 4 is 5.91 Å². The first kappa shape index (κ1) is 14.0. The summed E-state index contributed by atoms with van der Waals surface area (Å²) in [6, 6.07) is 5.50. The summed E-state index contributed by atoms with van der Waals surface area (Å²) in [6.45, 7) is 5.40. The van der Waals surface area contributed by atoms with E-state index in [4.69, 9.17) is 5.11 Å². The van der Waals surface area contributed by atoms with Crippen molar-refractivity contribution in [1.82, 2.24) is 15.2 Å². The summed E-state index contributed by atoms with van der Waals surface area (Å²) < 4.78 is 0. The number of carbonyl (C=O) groups excluding carboxylic acids is 1. The van der Waals surface area contributed by atoms with Crippen molar-refractivity contribution < 1.29 is 9.90 Å². The van der Waals surface area contributed by atoms with Crippen LogP contribution in [-0.2, 0) is 11.3 Å². The molecule has 1 aliphatic heterocycles. The molecule has 5 nitrogen and oxygen atoms in total. The Labute approximate surface area is 113 Å². The molecule has 1 unspecified atom stereocenters. The molecule has 1 aliphatic rings. The topological polar surface area (TPSA) is 65.5 Å². The summed E-state index contributed by atoms with van der Waals surface area (Å²) in [6.07, 6.45) is 2.21. The predicted octanol–water partition coefficient (Wildman–Crippen LogP) is 0.543. The van der Waals surface area contributed by atoms with Crippen molar-refractivity contribution in [2.24, 2.45) is 0 Å². The smallest absolute Gasteiger partial charge is 0.237 e. The first-order valence-corrected chi connectivity index (χ1v) is 6.59. The number of aliphatic hydroxyl groups is 1. The summed E-state index contributed by atoms with van der Waals surface area (Å²) in [4.78, 5) is 18.5.